The molecule has 9 heteroatoms. The first-order valence-corrected chi connectivity index (χ1v) is 7.67. The van der Waals surface area contributed by atoms with Gasteiger partial charge in [0, 0.05) is 24.6 Å². The number of nitro groups is 1. The van der Waals surface area contributed by atoms with E-state index < -0.39 is 22.5 Å². The van der Waals surface area contributed by atoms with Crippen LogP contribution in [0.4, 0.5) is 11.4 Å². The van der Waals surface area contributed by atoms with Gasteiger partial charge >= 0.3 is 5.72 Å². The van der Waals surface area contributed by atoms with Crippen LogP contribution in [0.3, 0.4) is 0 Å². The lowest BCUT2D eigenvalue weighted by Crippen LogP contribution is -2.49. The second-order valence-electron chi connectivity index (χ2n) is 5.79. The minimum Gasteiger partial charge on any atom is -0.433 e. The standard InChI is InChI=1S/C17H12N4O5/c1-10(22)20-17(13-7-2-3-8-14(13)18-16(17)23)26-15(19-20)11-5-4-6-12(9-11)21(24)25/h2-9H,1H3,(H,18,23)/t17-/m0/s1. The lowest BCUT2D eigenvalue weighted by atomic mass is 10.0. The second-order valence-corrected chi connectivity index (χ2v) is 5.79. The van der Waals surface area contributed by atoms with Crippen molar-refractivity contribution in [3.8, 4) is 0 Å². The Bertz CT molecular complexity index is 1000. The van der Waals surface area contributed by atoms with E-state index in [4.69, 9.17) is 4.74 Å². The van der Waals surface area contributed by atoms with Crippen LogP contribution in [0.5, 0.6) is 0 Å². The number of rotatable bonds is 2. The number of hydrogen-bond acceptors (Lipinski definition) is 6. The molecule has 0 unspecified atom stereocenters. The van der Waals surface area contributed by atoms with Crippen LogP contribution >= 0.6 is 0 Å². The van der Waals surface area contributed by atoms with Crippen LogP contribution < -0.4 is 5.32 Å². The molecule has 2 aromatic rings. The molecule has 26 heavy (non-hydrogen) atoms. The number of ether oxygens (including phenoxy) is 1. The molecule has 0 saturated carbocycles. The predicted octanol–water partition coefficient (Wildman–Crippen LogP) is 1.94. The molecule has 2 aliphatic rings. The lowest BCUT2D eigenvalue weighted by molar-refractivity contribution is -0.384. The largest absolute Gasteiger partial charge is 0.433 e. The van der Waals surface area contributed by atoms with Crippen molar-refractivity contribution in [2.45, 2.75) is 12.6 Å². The zero-order valence-corrected chi connectivity index (χ0v) is 13.5. The SMILES string of the molecule is CC(=O)N1N=C(c2cccc([N+](=O)[O-])c2)O[C@@]12C(=O)Nc1ccccc12. The molecule has 1 atom stereocenters. The van der Waals surface area contributed by atoms with Gasteiger partial charge in [0.1, 0.15) is 0 Å². The van der Waals surface area contributed by atoms with E-state index in [9.17, 15) is 19.7 Å². The summed E-state index contributed by atoms with van der Waals surface area (Å²) < 4.78 is 5.86. The van der Waals surface area contributed by atoms with E-state index >= 15 is 0 Å². The van der Waals surface area contributed by atoms with Gasteiger partial charge in [-0.1, -0.05) is 24.3 Å². The number of benzene rings is 2. The molecular weight excluding hydrogens is 340 g/mol. The average molecular weight is 352 g/mol. The topological polar surface area (TPSA) is 114 Å². The van der Waals surface area contributed by atoms with Crippen LogP contribution in [0.25, 0.3) is 0 Å². The van der Waals surface area contributed by atoms with Crippen molar-refractivity contribution in [2.75, 3.05) is 5.32 Å². The van der Waals surface area contributed by atoms with Crippen molar-refractivity contribution in [1.29, 1.82) is 0 Å². The van der Waals surface area contributed by atoms with Crippen LogP contribution in [0.15, 0.2) is 53.6 Å². The molecule has 0 bridgehead atoms. The number of nitrogens with zero attached hydrogens (tertiary/aromatic N) is 3. The average Bonchev–Trinajstić information content (AvgIpc) is 3.16. The first kappa shape index (κ1) is 15.8. The molecule has 1 spiro atoms. The van der Waals surface area contributed by atoms with Crippen LogP contribution in [0.2, 0.25) is 0 Å². The number of hydrogen-bond donors (Lipinski definition) is 1. The highest BCUT2D eigenvalue weighted by Crippen LogP contribution is 2.45. The fraction of sp³-hybridized carbons (Fsp3) is 0.118. The Labute approximate surface area is 147 Å². The lowest BCUT2D eigenvalue weighted by Gasteiger charge is -2.28. The molecule has 0 aliphatic carbocycles. The van der Waals surface area contributed by atoms with Crippen LogP contribution in [0, 0.1) is 10.1 Å². The van der Waals surface area contributed by atoms with Gasteiger partial charge in [-0.15, -0.1) is 5.10 Å². The van der Waals surface area contributed by atoms with Crippen molar-refractivity contribution < 1.29 is 19.2 Å². The zero-order chi connectivity index (χ0) is 18.5. The van der Waals surface area contributed by atoms with Crippen LogP contribution in [-0.2, 0) is 20.1 Å². The zero-order valence-electron chi connectivity index (χ0n) is 13.5. The van der Waals surface area contributed by atoms with E-state index in [2.05, 4.69) is 10.4 Å². The van der Waals surface area contributed by atoms with Gasteiger partial charge < -0.3 is 10.1 Å². The second kappa shape index (κ2) is 5.38. The Morgan fingerprint density at radius 3 is 2.77 bits per heavy atom. The Hall–Kier alpha value is -3.75. The van der Waals surface area contributed by atoms with Crippen LogP contribution in [0.1, 0.15) is 18.1 Å². The van der Waals surface area contributed by atoms with E-state index in [0.717, 1.165) is 5.01 Å². The summed E-state index contributed by atoms with van der Waals surface area (Å²) in [6, 6.07) is 12.4. The highest BCUT2D eigenvalue weighted by atomic mass is 16.6. The van der Waals surface area contributed by atoms with Gasteiger partial charge in [0.05, 0.1) is 16.2 Å². The maximum atomic E-state index is 12.7. The quantitative estimate of drug-likeness (QED) is 0.655. The third-order valence-corrected chi connectivity index (χ3v) is 4.18. The molecule has 1 N–H and O–H groups in total. The molecule has 130 valence electrons. The fourth-order valence-corrected chi connectivity index (χ4v) is 3.05. The number of anilines is 1. The predicted molar refractivity (Wildman–Crippen MR) is 90.0 cm³/mol. The Morgan fingerprint density at radius 2 is 2.04 bits per heavy atom. The first-order valence-electron chi connectivity index (χ1n) is 7.67. The fourth-order valence-electron chi connectivity index (χ4n) is 3.05. The molecule has 2 aromatic carbocycles. The van der Waals surface area contributed by atoms with Gasteiger partial charge in [-0.25, -0.2) is 0 Å². The first-order chi connectivity index (χ1) is 12.4. The van der Waals surface area contributed by atoms with Gasteiger partial charge in [0.25, 0.3) is 11.6 Å². The van der Waals surface area contributed by atoms with E-state index in [1.54, 1.807) is 30.3 Å². The van der Waals surface area contributed by atoms with Crippen molar-refractivity contribution in [3.63, 3.8) is 0 Å². The minimum absolute atomic E-state index is 0.0456. The Morgan fingerprint density at radius 1 is 1.27 bits per heavy atom. The summed E-state index contributed by atoms with van der Waals surface area (Å²) in [5.74, 6) is -1.11. The van der Waals surface area contributed by atoms with Gasteiger partial charge in [-0.05, 0) is 12.1 Å². The molecule has 4 rings (SSSR count). The number of amides is 2. The third-order valence-electron chi connectivity index (χ3n) is 4.18. The highest BCUT2D eigenvalue weighted by molar-refractivity contribution is 6.10. The summed E-state index contributed by atoms with van der Waals surface area (Å²) in [5.41, 5.74) is -0.661. The highest BCUT2D eigenvalue weighted by Gasteiger charge is 2.59. The molecule has 2 amide bonds. The van der Waals surface area contributed by atoms with Gasteiger partial charge in [0.15, 0.2) is 0 Å². The van der Waals surface area contributed by atoms with E-state index in [1.807, 2.05) is 0 Å². The number of nitro benzene ring substituents is 1. The molecule has 2 aliphatic heterocycles. The smallest absolute Gasteiger partial charge is 0.314 e. The molecular formula is C17H12N4O5. The molecule has 0 radical (unpaired) electrons. The van der Waals surface area contributed by atoms with Gasteiger partial charge in [-0.3, -0.25) is 19.7 Å². The minimum atomic E-state index is -1.76. The number of non-ortho nitro benzene ring substituents is 1. The van der Waals surface area contributed by atoms with Crippen LogP contribution in [-0.4, -0.2) is 27.6 Å². The summed E-state index contributed by atoms with van der Waals surface area (Å²) >= 11 is 0. The number of carbonyl (C=O) groups is 2. The summed E-state index contributed by atoms with van der Waals surface area (Å²) in [6.45, 7) is 1.26. The number of fused-ring (bicyclic) bond motifs is 2. The maximum Gasteiger partial charge on any atom is 0.314 e. The Balaban J connectivity index is 1.84. The number of hydrazone groups is 1. The van der Waals surface area contributed by atoms with Gasteiger partial charge in [0.2, 0.25) is 11.8 Å². The van der Waals surface area contributed by atoms with Crippen molar-refractivity contribution in [2.24, 2.45) is 5.10 Å². The monoisotopic (exact) mass is 352 g/mol. The summed E-state index contributed by atoms with van der Waals surface area (Å²) in [7, 11) is 0. The van der Waals surface area contributed by atoms with E-state index in [1.165, 1.54) is 25.1 Å². The van der Waals surface area contributed by atoms with Gasteiger partial charge in [-0.2, -0.15) is 5.01 Å². The van der Waals surface area contributed by atoms with Crippen molar-refractivity contribution in [3.05, 3.63) is 69.8 Å². The number of carbonyl (C=O) groups excluding carboxylic acids is 2. The summed E-state index contributed by atoms with van der Waals surface area (Å²) in [4.78, 5) is 35.3. The van der Waals surface area contributed by atoms with E-state index in [-0.39, 0.29) is 11.6 Å². The maximum absolute atomic E-state index is 12.7. The van der Waals surface area contributed by atoms with Crippen molar-refractivity contribution in [1.82, 2.24) is 5.01 Å². The van der Waals surface area contributed by atoms with Crippen molar-refractivity contribution >= 4 is 29.1 Å². The summed E-state index contributed by atoms with van der Waals surface area (Å²) in [5, 5.41) is 18.8. The number of nitrogens with one attached hydrogen (secondary N) is 1. The molecule has 9 nitrogen and oxygen atoms in total. The molecule has 0 fully saturated rings. The Kier molecular flexibility index (Phi) is 3.26. The number of para-hydroxylation sites is 1. The molecule has 0 aromatic heterocycles. The summed E-state index contributed by atoms with van der Waals surface area (Å²) in [6.07, 6.45) is 0. The van der Waals surface area contributed by atoms with E-state index in [0.29, 0.717) is 16.8 Å². The third kappa shape index (κ3) is 2.07. The normalized spacial score (nSPS) is 20.4. The molecule has 0 saturated heterocycles. The molecule has 2 heterocycles.